The summed E-state index contributed by atoms with van der Waals surface area (Å²) >= 11 is 2.15. The Kier molecular flexibility index (Phi) is 7.03. The summed E-state index contributed by atoms with van der Waals surface area (Å²) in [4.78, 5) is 21.9. The van der Waals surface area contributed by atoms with E-state index in [1.165, 1.54) is 15.4 Å². The van der Waals surface area contributed by atoms with Crippen molar-refractivity contribution >= 4 is 53.3 Å². The molecule has 3 heterocycles. The largest absolute Gasteiger partial charge is 0.445 e. The normalized spacial score (nSPS) is 18.0. The number of alkyl halides is 2. The van der Waals surface area contributed by atoms with Gasteiger partial charge in [-0.05, 0) is 25.0 Å². The summed E-state index contributed by atoms with van der Waals surface area (Å²) in [6.45, 7) is 1.63. The lowest BCUT2D eigenvalue weighted by Crippen LogP contribution is -2.52. The van der Waals surface area contributed by atoms with E-state index in [9.17, 15) is 13.6 Å². The third kappa shape index (κ3) is 5.08. The zero-order valence-corrected chi connectivity index (χ0v) is 20.3. The fraction of sp³-hybridized carbons (Fsp3) is 0.381. The minimum absolute atomic E-state index is 0.0495. The SMILES string of the molecule is Cc1ccc(COC(=O)N2CC[C@H](CNc3ncnc4c3ccn4SI)C(F)(F)C2)cc1. The van der Waals surface area contributed by atoms with E-state index in [1.807, 2.05) is 47.4 Å². The molecule has 1 fully saturated rings. The molecule has 0 aliphatic carbocycles. The molecule has 2 aromatic heterocycles. The number of nitrogens with one attached hydrogen (secondary N) is 1. The van der Waals surface area contributed by atoms with Crippen LogP contribution in [0.3, 0.4) is 0 Å². The number of aryl methyl sites for hydroxylation is 1. The van der Waals surface area contributed by atoms with E-state index < -0.39 is 24.5 Å². The number of fused-ring (bicyclic) bond motifs is 1. The van der Waals surface area contributed by atoms with Gasteiger partial charge in [0.2, 0.25) is 0 Å². The first-order valence-corrected chi connectivity index (χ1v) is 13.4. The quantitative estimate of drug-likeness (QED) is 0.404. The van der Waals surface area contributed by atoms with E-state index in [4.69, 9.17) is 4.74 Å². The molecular weight excluding hydrogens is 551 g/mol. The van der Waals surface area contributed by atoms with Gasteiger partial charge in [-0.3, -0.25) is 3.97 Å². The van der Waals surface area contributed by atoms with Gasteiger partial charge in [0.05, 0.1) is 11.9 Å². The number of amides is 1. The third-order valence-electron chi connectivity index (χ3n) is 5.53. The van der Waals surface area contributed by atoms with Gasteiger partial charge in [-0.2, -0.15) is 0 Å². The maximum absolute atomic E-state index is 14.8. The van der Waals surface area contributed by atoms with E-state index >= 15 is 0 Å². The number of halogens is 3. The fourth-order valence-corrected chi connectivity index (χ4v) is 4.93. The average Bonchev–Trinajstić information content (AvgIpc) is 3.21. The number of nitrogens with zero attached hydrogens (tertiary/aromatic N) is 4. The number of carbonyl (C=O) groups is 1. The molecule has 4 rings (SSSR count). The summed E-state index contributed by atoms with van der Waals surface area (Å²) in [6, 6.07) is 9.39. The smallest absolute Gasteiger partial charge is 0.410 e. The van der Waals surface area contributed by atoms with E-state index in [-0.39, 0.29) is 26.1 Å². The number of aromatic nitrogens is 3. The fourth-order valence-electron chi connectivity index (χ4n) is 3.66. The molecule has 1 saturated heterocycles. The number of benzene rings is 1. The van der Waals surface area contributed by atoms with Gasteiger partial charge in [-0.1, -0.05) is 29.8 Å². The summed E-state index contributed by atoms with van der Waals surface area (Å²) in [5, 5.41) is 3.83. The standard InChI is InChI=1S/C21H22F2IN5O2S/c1-14-2-4-15(5-3-14)11-31-20(30)28-8-6-16(21(22,23)12-28)10-25-18-17-7-9-29(32-24)19(17)27-13-26-18/h2-5,7,9,13,16H,6,8,10-12H2,1H3,(H,25,26,27)/t16-/m1/s1. The van der Waals surface area contributed by atoms with Crippen molar-refractivity contribution in [3.8, 4) is 0 Å². The topological polar surface area (TPSA) is 72.3 Å². The highest BCUT2D eigenvalue weighted by Gasteiger charge is 2.46. The molecule has 0 radical (unpaired) electrons. The Morgan fingerprint density at radius 2 is 2.09 bits per heavy atom. The lowest BCUT2D eigenvalue weighted by atomic mass is 9.93. The number of carbonyl (C=O) groups excluding carboxylic acids is 1. The molecule has 0 spiro atoms. The number of ether oxygens (including phenoxy) is 1. The Morgan fingerprint density at radius 1 is 1.31 bits per heavy atom. The van der Waals surface area contributed by atoms with Crippen LogP contribution < -0.4 is 5.32 Å². The summed E-state index contributed by atoms with van der Waals surface area (Å²) in [5.74, 6) is -3.44. The van der Waals surface area contributed by atoms with Crippen molar-refractivity contribution in [2.24, 2.45) is 5.92 Å². The van der Waals surface area contributed by atoms with E-state index in [1.54, 1.807) is 0 Å². The molecule has 1 amide bonds. The van der Waals surface area contributed by atoms with Gasteiger partial charge in [0.1, 0.15) is 18.8 Å². The third-order valence-corrected chi connectivity index (χ3v) is 7.24. The van der Waals surface area contributed by atoms with Crippen LogP contribution in [0, 0.1) is 12.8 Å². The van der Waals surface area contributed by atoms with Crippen molar-refractivity contribution in [3.63, 3.8) is 0 Å². The second-order valence-electron chi connectivity index (χ2n) is 7.76. The number of likely N-dealkylation sites (tertiary alicyclic amines) is 1. The Labute approximate surface area is 200 Å². The minimum Gasteiger partial charge on any atom is -0.445 e. The van der Waals surface area contributed by atoms with Crippen LogP contribution in [0.4, 0.5) is 19.4 Å². The van der Waals surface area contributed by atoms with Gasteiger partial charge in [0, 0.05) is 55.5 Å². The summed E-state index contributed by atoms with van der Waals surface area (Å²) in [5.41, 5.74) is 2.64. The molecule has 0 bridgehead atoms. The Bertz CT molecular complexity index is 1100. The van der Waals surface area contributed by atoms with Crippen LogP contribution in [0.2, 0.25) is 0 Å². The predicted molar refractivity (Wildman–Crippen MR) is 129 cm³/mol. The van der Waals surface area contributed by atoms with Gasteiger partial charge in [0.25, 0.3) is 5.92 Å². The minimum atomic E-state index is -3.04. The molecule has 1 N–H and O–H groups in total. The molecular formula is C21H22F2IN5O2S. The van der Waals surface area contributed by atoms with Crippen LogP contribution in [0.15, 0.2) is 42.9 Å². The highest BCUT2D eigenvalue weighted by Crippen LogP contribution is 2.34. The maximum Gasteiger partial charge on any atom is 0.410 e. The predicted octanol–water partition coefficient (Wildman–Crippen LogP) is 5.29. The van der Waals surface area contributed by atoms with Crippen LogP contribution in [0.25, 0.3) is 11.0 Å². The maximum atomic E-state index is 14.8. The second-order valence-corrected chi connectivity index (χ2v) is 9.47. The monoisotopic (exact) mass is 573 g/mol. The van der Waals surface area contributed by atoms with Crippen LogP contribution in [-0.4, -0.2) is 50.5 Å². The first kappa shape index (κ1) is 23.0. The molecule has 0 unspecified atom stereocenters. The molecule has 1 aromatic carbocycles. The van der Waals surface area contributed by atoms with Gasteiger partial charge in [-0.15, -0.1) is 0 Å². The first-order chi connectivity index (χ1) is 15.4. The number of hydrogen-bond donors (Lipinski definition) is 1. The molecule has 1 aliphatic rings. The highest BCUT2D eigenvalue weighted by atomic mass is 127. The van der Waals surface area contributed by atoms with Gasteiger partial charge >= 0.3 is 6.09 Å². The number of rotatable bonds is 6. The van der Waals surface area contributed by atoms with Crippen LogP contribution in [0.1, 0.15) is 17.5 Å². The van der Waals surface area contributed by atoms with Crippen molar-refractivity contribution in [2.75, 3.05) is 25.0 Å². The lowest BCUT2D eigenvalue weighted by molar-refractivity contribution is -0.101. The van der Waals surface area contributed by atoms with Crippen molar-refractivity contribution in [3.05, 3.63) is 54.0 Å². The van der Waals surface area contributed by atoms with E-state index in [2.05, 4.69) is 36.5 Å². The zero-order chi connectivity index (χ0) is 22.7. The first-order valence-electron chi connectivity index (χ1n) is 10.1. The van der Waals surface area contributed by atoms with E-state index in [0.717, 1.165) is 27.1 Å². The Balaban J connectivity index is 1.33. The van der Waals surface area contributed by atoms with Gasteiger partial charge in [0.15, 0.2) is 5.65 Å². The average molecular weight is 573 g/mol. The molecule has 3 aromatic rings. The molecule has 11 heteroatoms. The highest BCUT2D eigenvalue weighted by molar-refractivity contribution is 14.2. The molecule has 7 nitrogen and oxygen atoms in total. The van der Waals surface area contributed by atoms with Crippen molar-refractivity contribution in [1.29, 1.82) is 0 Å². The van der Waals surface area contributed by atoms with Gasteiger partial charge < -0.3 is 15.0 Å². The number of anilines is 1. The van der Waals surface area contributed by atoms with Crippen molar-refractivity contribution in [2.45, 2.75) is 25.9 Å². The molecule has 32 heavy (non-hydrogen) atoms. The summed E-state index contributed by atoms with van der Waals surface area (Å²) in [7, 11) is 1.46. The van der Waals surface area contributed by atoms with Crippen molar-refractivity contribution < 1.29 is 18.3 Å². The molecule has 1 aliphatic heterocycles. The summed E-state index contributed by atoms with van der Waals surface area (Å²) < 4.78 is 36.8. The molecule has 1 atom stereocenters. The van der Waals surface area contributed by atoms with Crippen LogP contribution in [0.5, 0.6) is 0 Å². The number of piperidine rings is 1. The Morgan fingerprint density at radius 3 is 2.81 bits per heavy atom. The molecule has 0 saturated carbocycles. The molecule has 170 valence electrons. The Hall–Kier alpha value is -2.15. The van der Waals surface area contributed by atoms with Gasteiger partial charge in [-0.25, -0.2) is 23.5 Å². The zero-order valence-electron chi connectivity index (χ0n) is 17.3. The number of hydrogen-bond acceptors (Lipinski definition) is 6. The van der Waals surface area contributed by atoms with Crippen LogP contribution >= 0.6 is 30.3 Å². The van der Waals surface area contributed by atoms with Crippen LogP contribution in [-0.2, 0) is 11.3 Å². The summed E-state index contributed by atoms with van der Waals surface area (Å²) in [6.07, 6.45) is 2.72. The second kappa shape index (κ2) is 9.77. The van der Waals surface area contributed by atoms with E-state index in [0.29, 0.717) is 5.82 Å². The lowest BCUT2D eigenvalue weighted by Gasteiger charge is -2.37. The van der Waals surface area contributed by atoms with Crippen molar-refractivity contribution in [1.82, 2.24) is 18.8 Å².